The highest BCUT2D eigenvalue weighted by atomic mass is 32.1. The van der Waals surface area contributed by atoms with E-state index in [2.05, 4.69) is 152 Å². The molecule has 0 bridgehead atoms. The first kappa shape index (κ1) is 36.4. The van der Waals surface area contributed by atoms with Gasteiger partial charge < -0.3 is 0 Å². The monoisotopic (exact) mass is 754 g/mol. The summed E-state index contributed by atoms with van der Waals surface area (Å²) in [6, 6.07) is 39.2. The van der Waals surface area contributed by atoms with Gasteiger partial charge in [-0.2, -0.15) is 0 Å². The molecule has 0 nitrogen and oxygen atoms in total. The molecule has 1 aliphatic carbocycles. The van der Waals surface area contributed by atoms with Gasteiger partial charge in [-0.15, -0.1) is 22.7 Å². The minimum absolute atomic E-state index is 0.507. The van der Waals surface area contributed by atoms with Crippen LogP contribution in [0.15, 0.2) is 97.1 Å². The van der Waals surface area contributed by atoms with Crippen LogP contribution in [0.2, 0.25) is 0 Å². The highest BCUT2D eigenvalue weighted by Gasteiger charge is 2.23. The predicted molar refractivity (Wildman–Crippen MR) is 246 cm³/mol. The zero-order chi connectivity index (χ0) is 38.1. The van der Waals surface area contributed by atoms with Gasteiger partial charge in [0.25, 0.3) is 0 Å². The van der Waals surface area contributed by atoms with E-state index in [-0.39, 0.29) is 0 Å². The maximum Gasteiger partial charge on any atom is 0.0434 e. The molecule has 4 atom stereocenters. The van der Waals surface area contributed by atoms with Crippen LogP contribution in [0.3, 0.4) is 0 Å². The Labute approximate surface area is 336 Å². The lowest BCUT2D eigenvalue weighted by Gasteiger charge is -2.15. The Bertz CT molecular complexity index is 2560. The molecule has 6 aromatic carbocycles. The van der Waals surface area contributed by atoms with Crippen molar-refractivity contribution >= 4 is 63.0 Å². The Hall–Kier alpha value is -4.24. The topological polar surface area (TPSA) is 0 Å². The molecule has 2 heterocycles. The number of hydrogen-bond acceptors (Lipinski definition) is 2. The van der Waals surface area contributed by atoms with Crippen LogP contribution in [0.4, 0.5) is 0 Å². The third-order valence-electron chi connectivity index (χ3n) is 13.5. The molecular weight excluding hydrogens is 701 g/mol. The van der Waals surface area contributed by atoms with Gasteiger partial charge in [0.05, 0.1) is 0 Å². The summed E-state index contributed by atoms with van der Waals surface area (Å²) >= 11 is 3.94. The second-order valence-corrected chi connectivity index (χ2v) is 18.9. The van der Waals surface area contributed by atoms with E-state index in [4.69, 9.17) is 0 Å². The summed E-state index contributed by atoms with van der Waals surface area (Å²) in [6.07, 6.45) is 5.59. The van der Waals surface area contributed by atoms with Crippen molar-refractivity contribution in [2.75, 3.05) is 0 Å². The predicted octanol–water partition coefficient (Wildman–Crippen LogP) is 17.4. The zero-order valence-corrected chi connectivity index (χ0v) is 35.5. The number of benzene rings is 6. The van der Waals surface area contributed by atoms with Crippen LogP contribution < -0.4 is 0 Å². The van der Waals surface area contributed by atoms with E-state index in [0.717, 1.165) is 32.1 Å². The fraction of sp³-hybridized carbons (Fsp3) is 0.321. The third-order valence-corrected chi connectivity index (χ3v) is 15.9. The molecule has 278 valence electrons. The quantitative estimate of drug-likeness (QED) is 0.130. The summed E-state index contributed by atoms with van der Waals surface area (Å²) in [7, 11) is 0. The van der Waals surface area contributed by atoms with Crippen molar-refractivity contribution in [3.8, 4) is 33.4 Å². The SMILES string of the molecule is CCC(C)c1ccc2sc3c(-c4ccc5c(c4)-c4cc(-c6cc(C(C)CC)cc7c6sc6ccc(C(C)CC)cc67)ccc4C5)cc(C(C)CC)cc3c2c1. The van der Waals surface area contributed by atoms with Gasteiger partial charge in [0.15, 0.2) is 0 Å². The minimum Gasteiger partial charge on any atom is -0.135 e. The first-order valence-electron chi connectivity index (χ1n) is 21.0. The summed E-state index contributed by atoms with van der Waals surface area (Å²) in [5.74, 6) is 2.14. The molecular formula is C53H54S2. The van der Waals surface area contributed by atoms with Crippen molar-refractivity contribution in [1.82, 2.24) is 0 Å². The average molecular weight is 755 g/mol. The number of hydrogen-bond donors (Lipinski definition) is 0. The van der Waals surface area contributed by atoms with Gasteiger partial charge in [0.2, 0.25) is 0 Å². The first-order valence-corrected chi connectivity index (χ1v) is 22.6. The van der Waals surface area contributed by atoms with Crippen LogP contribution in [0.1, 0.15) is 138 Å². The molecule has 0 aliphatic heterocycles. The summed E-state index contributed by atoms with van der Waals surface area (Å²) in [4.78, 5) is 0. The van der Waals surface area contributed by atoms with Crippen LogP contribution in [0, 0.1) is 0 Å². The Morgan fingerprint density at radius 3 is 1.18 bits per heavy atom. The number of fused-ring (bicyclic) bond motifs is 9. The van der Waals surface area contributed by atoms with E-state index in [0.29, 0.717) is 23.7 Å². The molecule has 0 saturated heterocycles. The van der Waals surface area contributed by atoms with Gasteiger partial charge in [-0.3, -0.25) is 0 Å². The molecule has 1 aliphatic rings. The largest absolute Gasteiger partial charge is 0.135 e. The molecule has 0 fully saturated rings. The van der Waals surface area contributed by atoms with Crippen LogP contribution in [0.25, 0.3) is 73.7 Å². The van der Waals surface area contributed by atoms with E-state index in [1.165, 1.54) is 107 Å². The van der Waals surface area contributed by atoms with Gasteiger partial charge in [0.1, 0.15) is 0 Å². The lowest BCUT2D eigenvalue weighted by atomic mass is 9.89. The lowest BCUT2D eigenvalue weighted by Crippen LogP contribution is -1.93. The molecule has 0 N–H and O–H groups in total. The molecule has 0 amide bonds. The van der Waals surface area contributed by atoms with Crippen molar-refractivity contribution in [2.24, 2.45) is 0 Å². The molecule has 4 unspecified atom stereocenters. The van der Waals surface area contributed by atoms with Crippen LogP contribution in [-0.2, 0) is 6.42 Å². The highest BCUT2D eigenvalue weighted by Crippen LogP contribution is 2.48. The van der Waals surface area contributed by atoms with E-state index in [1.807, 2.05) is 22.7 Å². The van der Waals surface area contributed by atoms with Crippen LogP contribution in [-0.4, -0.2) is 0 Å². The van der Waals surface area contributed by atoms with Crippen molar-refractivity contribution < 1.29 is 0 Å². The van der Waals surface area contributed by atoms with Crippen molar-refractivity contribution in [3.63, 3.8) is 0 Å². The van der Waals surface area contributed by atoms with Crippen LogP contribution in [0.5, 0.6) is 0 Å². The molecule has 0 radical (unpaired) electrons. The molecule has 9 rings (SSSR count). The van der Waals surface area contributed by atoms with E-state index >= 15 is 0 Å². The summed E-state index contributed by atoms with van der Waals surface area (Å²) in [5.41, 5.74) is 16.9. The maximum atomic E-state index is 2.52. The van der Waals surface area contributed by atoms with E-state index < -0.39 is 0 Å². The Morgan fingerprint density at radius 1 is 0.400 bits per heavy atom. The first-order chi connectivity index (χ1) is 26.7. The van der Waals surface area contributed by atoms with Crippen molar-refractivity contribution in [3.05, 3.63) is 130 Å². The van der Waals surface area contributed by atoms with Gasteiger partial charge in [-0.1, -0.05) is 91.8 Å². The fourth-order valence-electron chi connectivity index (χ4n) is 8.89. The van der Waals surface area contributed by atoms with Gasteiger partial charge in [0, 0.05) is 40.3 Å². The third kappa shape index (κ3) is 6.16. The van der Waals surface area contributed by atoms with E-state index in [1.54, 1.807) is 0 Å². The zero-order valence-electron chi connectivity index (χ0n) is 33.9. The Kier molecular flexibility index (Phi) is 9.51. The molecule has 8 aromatic rings. The second-order valence-electron chi connectivity index (χ2n) is 16.8. The highest BCUT2D eigenvalue weighted by molar-refractivity contribution is 7.26. The Balaban J connectivity index is 1.20. The van der Waals surface area contributed by atoms with Crippen molar-refractivity contribution in [1.29, 1.82) is 0 Å². The minimum atomic E-state index is 0.507. The summed E-state index contributed by atoms with van der Waals surface area (Å²) in [5, 5.41) is 5.68. The van der Waals surface area contributed by atoms with Gasteiger partial charge in [-0.05, 0) is 183 Å². The molecule has 0 spiro atoms. The molecule has 0 saturated carbocycles. The fourth-order valence-corrected chi connectivity index (χ4v) is 11.3. The van der Waals surface area contributed by atoms with Gasteiger partial charge in [-0.25, -0.2) is 0 Å². The smallest absolute Gasteiger partial charge is 0.0434 e. The maximum absolute atomic E-state index is 2.52. The standard InChI is InChI=1S/C53H54S2/c1-9-30(5)34-17-19-50-46(22-34)48-28-40(32(7)11-3)26-44(52(48)54-50)38-15-13-36-21-37-14-16-39(25-43(37)42(36)24-38)45-27-41(33(8)12-4)29-49-47-23-35(31(6)10-2)18-20-51(47)55-53(45)49/h13-20,22-33H,9-12,21H2,1-8H3. The molecule has 2 aromatic heterocycles. The Morgan fingerprint density at radius 2 is 0.782 bits per heavy atom. The van der Waals surface area contributed by atoms with Gasteiger partial charge >= 0.3 is 0 Å². The number of rotatable bonds is 10. The van der Waals surface area contributed by atoms with Crippen LogP contribution >= 0.6 is 22.7 Å². The summed E-state index contributed by atoms with van der Waals surface area (Å²) in [6.45, 7) is 18.7. The molecule has 2 heteroatoms. The van der Waals surface area contributed by atoms with E-state index in [9.17, 15) is 0 Å². The lowest BCUT2D eigenvalue weighted by molar-refractivity contribution is 0.734. The summed E-state index contributed by atoms with van der Waals surface area (Å²) < 4.78 is 5.62. The average Bonchev–Trinajstić information content (AvgIpc) is 3.91. The normalized spacial score (nSPS) is 14.8. The number of thiophene rings is 2. The molecule has 55 heavy (non-hydrogen) atoms. The van der Waals surface area contributed by atoms with Crippen molar-refractivity contribution in [2.45, 2.75) is 111 Å². The second kappa shape index (κ2) is 14.4.